The Bertz CT molecular complexity index is 192. The second-order valence-electron chi connectivity index (χ2n) is 4.73. The minimum atomic E-state index is 0.223. The third-order valence-electron chi connectivity index (χ3n) is 2.18. The van der Waals surface area contributed by atoms with E-state index in [0.717, 1.165) is 6.42 Å². The third kappa shape index (κ3) is 2.23. The third-order valence-corrected chi connectivity index (χ3v) is 2.18. The van der Waals surface area contributed by atoms with Gasteiger partial charge in [-0.3, -0.25) is 4.99 Å². The van der Waals surface area contributed by atoms with Crippen LogP contribution in [-0.4, -0.2) is 17.4 Å². The largest absolute Gasteiger partial charge is 0.369 e. The normalized spacial score (nSPS) is 28.2. The quantitative estimate of drug-likeness (QED) is 0.637. The van der Waals surface area contributed by atoms with Crippen molar-refractivity contribution in [3.05, 3.63) is 0 Å². The predicted octanol–water partition coefficient (Wildman–Crippen LogP) is 2.20. The topological polar surface area (TPSA) is 24.4 Å². The predicted molar refractivity (Wildman–Crippen MR) is 53.6 cm³/mol. The second-order valence-corrected chi connectivity index (χ2v) is 4.73. The lowest BCUT2D eigenvalue weighted by atomic mass is 9.93. The number of amidine groups is 1. The fraction of sp³-hybridized carbons (Fsp3) is 0.900. The first-order chi connectivity index (χ1) is 5.41. The van der Waals surface area contributed by atoms with Crippen molar-refractivity contribution >= 4 is 5.84 Å². The second kappa shape index (κ2) is 3.08. The van der Waals surface area contributed by atoms with Gasteiger partial charge in [0.05, 0.1) is 11.9 Å². The van der Waals surface area contributed by atoms with Gasteiger partial charge in [-0.2, -0.15) is 0 Å². The van der Waals surface area contributed by atoms with E-state index in [1.54, 1.807) is 0 Å². The molecule has 1 aliphatic heterocycles. The number of nitrogens with one attached hydrogen (secondary N) is 1. The van der Waals surface area contributed by atoms with Crippen molar-refractivity contribution in [1.82, 2.24) is 5.32 Å². The average Bonchev–Trinajstić information content (AvgIpc) is 1.82. The van der Waals surface area contributed by atoms with Crippen molar-refractivity contribution in [1.29, 1.82) is 0 Å². The lowest BCUT2D eigenvalue weighted by Gasteiger charge is -2.36. The zero-order chi connectivity index (χ0) is 9.35. The molecule has 0 fully saturated rings. The van der Waals surface area contributed by atoms with E-state index in [2.05, 4.69) is 44.9 Å². The van der Waals surface area contributed by atoms with Crippen LogP contribution in [0.3, 0.4) is 0 Å². The van der Waals surface area contributed by atoms with Gasteiger partial charge in [0.1, 0.15) is 0 Å². The van der Waals surface area contributed by atoms with Crippen LogP contribution in [0.5, 0.6) is 0 Å². The molecule has 0 radical (unpaired) electrons. The van der Waals surface area contributed by atoms with Gasteiger partial charge < -0.3 is 5.32 Å². The summed E-state index contributed by atoms with van der Waals surface area (Å²) in [7, 11) is 0. The maximum absolute atomic E-state index is 4.58. The molecule has 0 aliphatic carbocycles. The molecule has 2 nitrogen and oxygen atoms in total. The monoisotopic (exact) mass is 168 g/mol. The van der Waals surface area contributed by atoms with Gasteiger partial charge in [0.15, 0.2) is 0 Å². The van der Waals surface area contributed by atoms with Gasteiger partial charge in [0.25, 0.3) is 0 Å². The summed E-state index contributed by atoms with van der Waals surface area (Å²) in [5, 5.41) is 3.47. The molecule has 12 heavy (non-hydrogen) atoms. The molecule has 0 bridgehead atoms. The highest BCUT2D eigenvalue weighted by Crippen LogP contribution is 2.19. The lowest BCUT2D eigenvalue weighted by Crippen LogP contribution is -2.50. The summed E-state index contributed by atoms with van der Waals surface area (Å²) in [4.78, 5) is 4.58. The molecule has 0 saturated carbocycles. The van der Waals surface area contributed by atoms with Crippen LogP contribution in [-0.2, 0) is 0 Å². The minimum absolute atomic E-state index is 0.223. The summed E-state index contributed by atoms with van der Waals surface area (Å²) in [6.45, 7) is 11.0. The number of hydrogen-bond donors (Lipinski definition) is 1. The van der Waals surface area contributed by atoms with Crippen molar-refractivity contribution in [3.63, 3.8) is 0 Å². The van der Waals surface area contributed by atoms with Crippen molar-refractivity contribution in [2.24, 2.45) is 10.9 Å². The van der Waals surface area contributed by atoms with E-state index in [-0.39, 0.29) is 5.54 Å². The van der Waals surface area contributed by atoms with Crippen LogP contribution in [0.2, 0.25) is 0 Å². The van der Waals surface area contributed by atoms with E-state index in [1.807, 2.05) is 0 Å². The van der Waals surface area contributed by atoms with E-state index >= 15 is 0 Å². The van der Waals surface area contributed by atoms with Crippen LogP contribution < -0.4 is 5.32 Å². The van der Waals surface area contributed by atoms with Crippen LogP contribution in [0.25, 0.3) is 0 Å². The van der Waals surface area contributed by atoms with Gasteiger partial charge >= 0.3 is 0 Å². The molecule has 70 valence electrons. The smallest absolute Gasteiger partial charge is 0.0996 e. The molecular formula is C10H20N2. The zero-order valence-corrected chi connectivity index (χ0v) is 8.81. The Balaban J connectivity index is 2.76. The molecule has 2 heteroatoms. The Kier molecular flexibility index (Phi) is 2.45. The van der Waals surface area contributed by atoms with Gasteiger partial charge in [-0.15, -0.1) is 0 Å². The summed E-state index contributed by atoms with van der Waals surface area (Å²) in [5.74, 6) is 1.69. The molecule has 1 rings (SSSR count). The van der Waals surface area contributed by atoms with E-state index in [0.29, 0.717) is 12.0 Å². The summed E-state index contributed by atoms with van der Waals surface area (Å²) in [6.07, 6.45) is 1.13. The summed E-state index contributed by atoms with van der Waals surface area (Å²) in [6, 6.07) is 0.471. The molecule has 1 N–H and O–H groups in total. The minimum Gasteiger partial charge on any atom is -0.369 e. The molecule has 0 amide bonds. The Labute approximate surface area is 75.5 Å². The number of hydrogen-bond acceptors (Lipinski definition) is 2. The fourth-order valence-electron chi connectivity index (χ4n) is 1.75. The first kappa shape index (κ1) is 9.56. The highest BCUT2D eigenvalue weighted by molar-refractivity contribution is 5.85. The molecule has 1 unspecified atom stereocenters. The standard InChI is InChI=1S/C10H20N2/c1-7(2)9-11-8(3)6-10(4,5)12-9/h7-8H,6H2,1-5H3,(H,11,12). The van der Waals surface area contributed by atoms with Gasteiger partial charge in [-0.25, -0.2) is 0 Å². The van der Waals surface area contributed by atoms with Gasteiger partial charge in [-0.05, 0) is 27.2 Å². The molecular weight excluding hydrogens is 148 g/mol. The zero-order valence-electron chi connectivity index (χ0n) is 8.81. The summed E-state index contributed by atoms with van der Waals surface area (Å²) < 4.78 is 0. The highest BCUT2D eigenvalue weighted by atomic mass is 15.1. The SMILES string of the molecule is CC1CC(C)(C)NC(C(C)C)=N1. The van der Waals surface area contributed by atoms with Crippen LogP contribution >= 0.6 is 0 Å². The van der Waals surface area contributed by atoms with E-state index < -0.39 is 0 Å². The fourth-order valence-corrected chi connectivity index (χ4v) is 1.75. The Morgan fingerprint density at radius 1 is 1.50 bits per heavy atom. The first-order valence-corrected chi connectivity index (χ1v) is 4.76. The maximum atomic E-state index is 4.58. The molecule has 0 saturated heterocycles. The Morgan fingerprint density at radius 2 is 2.08 bits per heavy atom. The van der Waals surface area contributed by atoms with E-state index in [4.69, 9.17) is 0 Å². The van der Waals surface area contributed by atoms with Gasteiger partial charge in [0.2, 0.25) is 0 Å². The number of aliphatic imine (C=N–C) groups is 1. The first-order valence-electron chi connectivity index (χ1n) is 4.76. The van der Waals surface area contributed by atoms with Crippen molar-refractivity contribution in [2.45, 2.75) is 52.6 Å². The average molecular weight is 168 g/mol. The Hall–Kier alpha value is -0.530. The van der Waals surface area contributed by atoms with Gasteiger partial charge in [-0.1, -0.05) is 13.8 Å². The molecule has 0 spiro atoms. The van der Waals surface area contributed by atoms with Crippen molar-refractivity contribution in [2.75, 3.05) is 0 Å². The molecule has 0 aromatic rings. The van der Waals surface area contributed by atoms with Crippen LogP contribution in [0, 0.1) is 5.92 Å². The van der Waals surface area contributed by atoms with Crippen LogP contribution in [0.4, 0.5) is 0 Å². The molecule has 0 aromatic heterocycles. The van der Waals surface area contributed by atoms with Crippen LogP contribution in [0.1, 0.15) is 41.0 Å². The van der Waals surface area contributed by atoms with Gasteiger partial charge in [0, 0.05) is 11.5 Å². The van der Waals surface area contributed by atoms with Crippen molar-refractivity contribution in [3.8, 4) is 0 Å². The molecule has 1 atom stereocenters. The maximum Gasteiger partial charge on any atom is 0.0996 e. The Morgan fingerprint density at radius 3 is 2.50 bits per heavy atom. The van der Waals surface area contributed by atoms with Crippen molar-refractivity contribution < 1.29 is 0 Å². The van der Waals surface area contributed by atoms with Crippen LogP contribution in [0.15, 0.2) is 4.99 Å². The number of nitrogens with zero attached hydrogens (tertiary/aromatic N) is 1. The lowest BCUT2D eigenvalue weighted by molar-refractivity contribution is 0.365. The summed E-state index contributed by atoms with van der Waals surface area (Å²) >= 11 is 0. The van der Waals surface area contributed by atoms with E-state index in [9.17, 15) is 0 Å². The molecule has 0 aromatic carbocycles. The molecule has 1 heterocycles. The molecule has 1 aliphatic rings. The highest BCUT2D eigenvalue weighted by Gasteiger charge is 2.27. The number of rotatable bonds is 1. The van der Waals surface area contributed by atoms with E-state index in [1.165, 1.54) is 5.84 Å². The summed E-state index contributed by atoms with van der Waals surface area (Å²) in [5.41, 5.74) is 0.223.